The first-order valence-corrected chi connectivity index (χ1v) is 4.60. The van der Waals surface area contributed by atoms with E-state index in [1.54, 1.807) is 7.11 Å². The van der Waals surface area contributed by atoms with Gasteiger partial charge in [-0.3, -0.25) is 0 Å². The molecule has 0 aliphatic heterocycles. The second-order valence-corrected chi connectivity index (χ2v) is 3.45. The van der Waals surface area contributed by atoms with Crippen molar-refractivity contribution in [3.8, 4) is 5.75 Å². The summed E-state index contributed by atoms with van der Waals surface area (Å²) in [5.41, 5.74) is 1.88. The summed E-state index contributed by atoms with van der Waals surface area (Å²) >= 11 is 0. The lowest BCUT2D eigenvalue weighted by molar-refractivity contribution is 0.178. The molecule has 1 unspecified atom stereocenters. The van der Waals surface area contributed by atoms with Gasteiger partial charge < -0.3 is 9.84 Å². The smallest absolute Gasteiger partial charge is 0.118 e. The fraction of sp³-hybridized carbons (Fsp3) is 0.333. The summed E-state index contributed by atoms with van der Waals surface area (Å²) in [5, 5.41) is 9.75. The molecule has 0 saturated carbocycles. The van der Waals surface area contributed by atoms with E-state index in [1.165, 1.54) is 0 Å². The van der Waals surface area contributed by atoms with Crippen LogP contribution in [0.1, 0.15) is 25.0 Å². The van der Waals surface area contributed by atoms with E-state index in [0.717, 1.165) is 16.9 Å². The molecule has 0 aliphatic rings. The van der Waals surface area contributed by atoms with E-state index in [9.17, 15) is 5.11 Å². The maximum absolute atomic E-state index is 9.75. The molecular formula is C12H16O2. The van der Waals surface area contributed by atoms with E-state index < -0.39 is 6.10 Å². The minimum Gasteiger partial charge on any atom is -0.497 e. The average Bonchev–Trinajstić information content (AvgIpc) is 2.17. The van der Waals surface area contributed by atoms with Crippen LogP contribution in [0, 0.1) is 0 Å². The summed E-state index contributed by atoms with van der Waals surface area (Å²) in [7, 11) is 1.62. The van der Waals surface area contributed by atoms with Crippen molar-refractivity contribution in [2.24, 2.45) is 0 Å². The molecule has 0 bridgehead atoms. The highest BCUT2D eigenvalue weighted by molar-refractivity contribution is 5.28. The first-order chi connectivity index (χ1) is 6.63. The van der Waals surface area contributed by atoms with Crippen molar-refractivity contribution < 1.29 is 9.84 Å². The summed E-state index contributed by atoms with van der Waals surface area (Å²) in [5.74, 6) is 0.802. The van der Waals surface area contributed by atoms with Crippen LogP contribution in [0.4, 0.5) is 0 Å². The van der Waals surface area contributed by atoms with Gasteiger partial charge in [-0.25, -0.2) is 0 Å². The quantitative estimate of drug-likeness (QED) is 0.743. The number of benzene rings is 1. The lowest BCUT2D eigenvalue weighted by Crippen LogP contribution is -1.97. The van der Waals surface area contributed by atoms with E-state index in [-0.39, 0.29) is 0 Å². The number of aliphatic hydroxyl groups is 1. The number of methoxy groups -OCH3 is 1. The van der Waals surface area contributed by atoms with Gasteiger partial charge >= 0.3 is 0 Å². The summed E-state index contributed by atoms with van der Waals surface area (Å²) in [4.78, 5) is 0. The van der Waals surface area contributed by atoms with Crippen molar-refractivity contribution in [1.29, 1.82) is 0 Å². The predicted molar refractivity (Wildman–Crippen MR) is 57.4 cm³/mol. The topological polar surface area (TPSA) is 29.5 Å². The van der Waals surface area contributed by atoms with Crippen LogP contribution in [0.25, 0.3) is 0 Å². The number of hydrogen-bond acceptors (Lipinski definition) is 2. The minimum absolute atomic E-state index is 0.460. The van der Waals surface area contributed by atoms with E-state index in [2.05, 4.69) is 6.58 Å². The molecule has 14 heavy (non-hydrogen) atoms. The molecule has 0 fully saturated rings. The summed E-state index contributed by atoms with van der Waals surface area (Å²) < 4.78 is 5.03. The standard InChI is InChI=1S/C12H16O2/c1-9(2)8-12(13)10-4-6-11(14-3)7-5-10/h4-7,12-13H,1,8H2,2-3H3. The molecule has 1 N–H and O–H groups in total. The largest absolute Gasteiger partial charge is 0.497 e. The zero-order valence-electron chi connectivity index (χ0n) is 8.66. The maximum Gasteiger partial charge on any atom is 0.118 e. The van der Waals surface area contributed by atoms with Gasteiger partial charge in [-0.05, 0) is 31.0 Å². The monoisotopic (exact) mass is 192 g/mol. The Morgan fingerprint density at radius 3 is 2.43 bits per heavy atom. The van der Waals surface area contributed by atoms with Gasteiger partial charge in [0, 0.05) is 0 Å². The molecular weight excluding hydrogens is 176 g/mol. The molecule has 0 aromatic heterocycles. The van der Waals surface area contributed by atoms with Gasteiger partial charge in [0.25, 0.3) is 0 Å². The Labute approximate surface area is 84.8 Å². The fourth-order valence-corrected chi connectivity index (χ4v) is 1.27. The third-order valence-corrected chi connectivity index (χ3v) is 2.04. The number of hydrogen-bond donors (Lipinski definition) is 1. The SMILES string of the molecule is C=C(C)CC(O)c1ccc(OC)cc1. The molecule has 0 saturated heterocycles. The molecule has 1 atom stereocenters. The molecule has 0 aliphatic carbocycles. The van der Waals surface area contributed by atoms with E-state index in [1.807, 2.05) is 31.2 Å². The lowest BCUT2D eigenvalue weighted by atomic mass is 10.0. The van der Waals surface area contributed by atoms with Gasteiger partial charge in [-0.2, -0.15) is 0 Å². The highest BCUT2D eigenvalue weighted by atomic mass is 16.5. The summed E-state index contributed by atoms with van der Waals surface area (Å²) in [6, 6.07) is 7.42. The van der Waals surface area contributed by atoms with Crippen molar-refractivity contribution in [3.05, 3.63) is 42.0 Å². The molecule has 76 valence electrons. The Balaban J connectivity index is 2.71. The Morgan fingerprint density at radius 2 is 2.00 bits per heavy atom. The van der Waals surface area contributed by atoms with Crippen molar-refractivity contribution in [1.82, 2.24) is 0 Å². The maximum atomic E-state index is 9.75. The van der Waals surface area contributed by atoms with Crippen LogP contribution in [-0.4, -0.2) is 12.2 Å². The van der Waals surface area contributed by atoms with Gasteiger partial charge in [-0.1, -0.05) is 17.7 Å². The van der Waals surface area contributed by atoms with Gasteiger partial charge in [0.15, 0.2) is 0 Å². The molecule has 0 amide bonds. The van der Waals surface area contributed by atoms with Crippen LogP contribution < -0.4 is 4.74 Å². The van der Waals surface area contributed by atoms with Crippen molar-refractivity contribution in [2.75, 3.05) is 7.11 Å². The predicted octanol–water partition coefficient (Wildman–Crippen LogP) is 2.69. The van der Waals surface area contributed by atoms with Gasteiger partial charge in [0.1, 0.15) is 5.75 Å². The summed E-state index contributed by atoms with van der Waals surface area (Å²) in [6.07, 6.45) is 0.144. The lowest BCUT2D eigenvalue weighted by Gasteiger charge is -2.11. The van der Waals surface area contributed by atoms with E-state index >= 15 is 0 Å². The van der Waals surface area contributed by atoms with Crippen LogP contribution >= 0.6 is 0 Å². The first kappa shape index (κ1) is 10.8. The van der Waals surface area contributed by atoms with Crippen LogP contribution in [0.2, 0.25) is 0 Å². The van der Waals surface area contributed by atoms with Crippen LogP contribution in [0.5, 0.6) is 5.75 Å². The Kier molecular flexibility index (Phi) is 3.72. The number of rotatable bonds is 4. The minimum atomic E-state index is -0.460. The van der Waals surface area contributed by atoms with Crippen LogP contribution in [-0.2, 0) is 0 Å². The van der Waals surface area contributed by atoms with Crippen molar-refractivity contribution >= 4 is 0 Å². The van der Waals surface area contributed by atoms with E-state index in [0.29, 0.717) is 6.42 Å². The highest BCUT2D eigenvalue weighted by Gasteiger charge is 2.06. The average molecular weight is 192 g/mol. The van der Waals surface area contributed by atoms with E-state index in [4.69, 9.17) is 4.74 Å². The molecule has 2 nitrogen and oxygen atoms in total. The fourth-order valence-electron chi connectivity index (χ4n) is 1.27. The molecule has 1 rings (SSSR count). The third kappa shape index (κ3) is 2.89. The first-order valence-electron chi connectivity index (χ1n) is 4.60. The van der Waals surface area contributed by atoms with Crippen LogP contribution in [0.15, 0.2) is 36.4 Å². The third-order valence-electron chi connectivity index (χ3n) is 2.04. The molecule has 1 aromatic rings. The molecule has 0 spiro atoms. The second-order valence-electron chi connectivity index (χ2n) is 3.45. The van der Waals surface area contributed by atoms with Crippen molar-refractivity contribution in [2.45, 2.75) is 19.4 Å². The Bertz CT molecular complexity index is 301. The highest BCUT2D eigenvalue weighted by Crippen LogP contribution is 2.22. The number of aliphatic hydroxyl groups excluding tert-OH is 1. The molecule has 2 heteroatoms. The van der Waals surface area contributed by atoms with Gasteiger partial charge in [-0.15, -0.1) is 6.58 Å². The van der Waals surface area contributed by atoms with Gasteiger partial charge in [0.2, 0.25) is 0 Å². The second kappa shape index (κ2) is 4.82. The zero-order valence-corrected chi connectivity index (χ0v) is 8.66. The molecule has 0 heterocycles. The van der Waals surface area contributed by atoms with Crippen LogP contribution in [0.3, 0.4) is 0 Å². The zero-order chi connectivity index (χ0) is 10.6. The number of ether oxygens (including phenoxy) is 1. The normalized spacial score (nSPS) is 12.2. The Morgan fingerprint density at radius 1 is 1.43 bits per heavy atom. The Hall–Kier alpha value is -1.28. The van der Waals surface area contributed by atoms with Gasteiger partial charge in [0.05, 0.1) is 13.2 Å². The molecule has 0 radical (unpaired) electrons. The molecule has 1 aromatic carbocycles. The van der Waals surface area contributed by atoms with Crippen molar-refractivity contribution in [3.63, 3.8) is 0 Å². The summed E-state index contributed by atoms with van der Waals surface area (Å²) in [6.45, 7) is 5.68.